The van der Waals surface area contributed by atoms with Crippen LogP contribution in [0.2, 0.25) is 5.02 Å². The van der Waals surface area contributed by atoms with E-state index in [1.54, 1.807) is 0 Å². The molecule has 0 saturated carbocycles. The zero-order chi connectivity index (χ0) is 13.5. The number of halogens is 1. The molecule has 2 nitrogen and oxygen atoms in total. The van der Waals surface area contributed by atoms with Gasteiger partial charge in [0.25, 0.3) is 0 Å². The van der Waals surface area contributed by atoms with Crippen molar-refractivity contribution in [3.63, 3.8) is 0 Å². The smallest absolute Gasteiger partial charge is 0.0948 e. The Labute approximate surface area is 120 Å². The fraction of sp³-hybridized carbons (Fsp3) is 0.500. The summed E-state index contributed by atoms with van der Waals surface area (Å²) < 4.78 is 0. The van der Waals surface area contributed by atoms with Gasteiger partial charge < -0.3 is 5.73 Å². The van der Waals surface area contributed by atoms with Crippen molar-refractivity contribution in [2.75, 3.05) is 13.1 Å². The molecule has 0 bridgehead atoms. The predicted octanol–water partition coefficient (Wildman–Crippen LogP) is 3.79. The molecule has 1 atom stereocenters. The number of benzene rings is 1. The van der Waals surface area contributed by atoms with Crippen LogP contribution in [-0.4, -0.2) is 23.0 Å². The molecule has 1 unspecified atom stereocenters. The Morgan fingerprint density at radius 3 is 2.56 bits per heavy atom. The largest absolute Gasteiger partial charge is 0.392 e. The number of nitrogens with two attached hydrogens (primary N) is 1. The molecule has 1 aromatic rings. The highest BCUT2D eigenvalue weighted by Gasteiger charge is 2.23. The summed E-state index contributed by atoms with van der Waals surface area (Å²) in [5.74, 6) is 0. The van der Waals surface area contributed by atoms with E-state index in [0.717, 1.165) is 36.5 Å². The molecule has 1 rings (SSSR count). The number of thiocarbonyl (C=S) groups is 1. The van der Waals surface area contributed by atoms with E-state index in [0.29, 0.717) is 4.99 Å². The van der Waals surface area contributed by atoms with Gasteiger partial charge in [-0.15, -0.1) is 0 Å². The molecular formula is C14H21ClN2S. The van der Waals surface area contributed by atoms with Crippen LogP contribution in [0.1, 0.15) is 38.3 Å². The highest BCUT2D eigenvalue weighted by molar-refractivity contribution is 7.80. The van der Waals surface area contributed by atoms with E-state index < -0.39 is 0 Å². The van der Waals surface area contributed by atoms with Gasteiger partial charge in [-0.2, -0.15) is 0 Å². The molecule has 0 fully saturated rings. The Morgan fingerprint density at radius 2 is 2.06 bits per heavy atom. The average Bonchev–Trinajstić information content (AvgIpc) is 2.35. The Balaban J connectivity index is 3.01. The van der Waals surface area contributed by atoms with Gasteiger partial charge >= 0.3 is 0 Å². The van der Waals surface area contributed by atoms with Crippen molar-refractivity contribution < 1.29 is 0 Å². The quantitative estimate of drug-likeness (QED) is 0.773. The molecule has 0 aliphatic heterocycles. The molecule has 1 aromatic carbocycles. The fourth-order valence-electron chi connectivity index (χ4n) is 2.06. The van der Waals surface area contributed by atoms with Crippen LogP contribution in [0.3, 0.4) is 0 Å². The van der Waals surface area contributed by atoms with Gasteiger partial charge in [0.15, 0.2) is 0 Å². The van der Waals surface area contributed by atoms with Gasteiger partial charge in [-0.05, 0) is 31.1 Å². The molecule has 0 aliphatic rings. The van der Waals surface area contributed by atoms with E-state index in [1.807, 2.05) is 24.3 Å². The van der Waals surface area contributed by atoms with E-state index in [4.69, 9.17) is 29.6 Å². The number of rotatable bonds is 7. The maximum absolute atomic E-state index is 6.26. The first-order valence-electron chi connectivity index (χ1n) is 6.39. The second kappa shape index (κ2) is 7.72. The second-order valence-corrected chi connectivity index (χ2v) is 5.19. The standard InChI is InChI=1S/C14H21ClN2S/c1-3-5-10-17(4-2)13(14(16)18)11-8-6-7-9-12(11)15/h6-9,13H,3-5,10H2,1-2H3,(H2,16,18). The lowest BCUT2D eigenvalue weighted by atomic mass is 10.0. The third-order valence-corrected chi connectivity index (χ3v) is 3.61. The summed E-state index contributed by atoms with van der Waals surface area (Å²) in [6.45, 7) is 6.20. The second-order valence-electron chi connectivity index (χ2n) is 4.31. The minimum atomic E-state index is -0.0646. The van der Waals surface area contributed by atoms with Crippen LogP contribution in [0, 0.1) is 0 Å². The highest BCUT2D eigenvalue weighted by Crippen LogP contribution is 2.28. The molecule has 0 spiro atoms. The van der Waals surface area contributed by atoms with Gasteiger partial charge in [-0.1, -0.05) is 62.3 Å². The van der Waals surface area contributed by atoms with Crippen LogP contribution < -0.4 is 5.73 Å². The van der Waals surface area contributed by atoms with Crippen molar-refractivity contribution in [3.8, 4) is 0 Å². The molecular weight excluding hydrogens is 264 g/mol. The van der Waals surface area contributed by atoms with Crippen molar-refractivity contribution in [2.45, 2.75) is 32.7 Å². The molecule has 0 aromatic heterocycles. The Hall–Kier alpha value is -0.640. The Morgan fingerprint density at radius 1 is 1.39 bits per heavy atom. The number of hydrogen-bond donors (Lipinski definition) is 1. The first-order chi connectivity index (χ1) is 8.61. The maximum atomic E-state index is 6.26. The van der Waals surface area contributed by atoms with Crippen LogP contribution >= 0.6 is 23.8 Å². The van der Waals surface area contributed by atoms with E-state index >= 15 is 0 Å². The third kappa shape index (κ3) is 3.94. The van der Waals surface area contributed by atoms with Crippen LogP contribution in [0.4, 0.5) is 0 Å². The lowest BCUT2D eigenvalue weighted by Gasteiger charge is -2.30. The summed E-state index contributed by atoms with van der Waals surface area (Å²) in [5.41, 5.74) is 6.92. The monoisotopic (exact) mass is 284 g/mol. The van der Waals surface area contributed by atoms with E-state index in [9.17, 15) is 0 Å². The number of unbranched alkanes of at least 4 members (excludes halogenated alkanes) is 1. The van der Waals surface area contributed by atoms with Crippen molar-refractivity contribution in [1.82, 2.24) is 4.90 Å². The molecule has 2 N–H and O–H groups in total. The number of hydrogen-bond acceptors (Lipinski definition) is 2. The van der Waals surface area contributed by atoms with Crippen molar-refractivity contribution in [2.24, 2.45) is 5.73 Å². The summed E-state index contributed by atoms with van der Waals surface area (Å²) in [5, 5.41) is 0.727. The molecule has 0 saturated heterocycles. The van der Waals surface area contributed by atoms with E-state index in [1.165, 1.54) is 0 Å². The van der Waals surface area contributed by atoms with Gasteiger partial charge in [0, 0.05) is 5.02 Å². The van der Waals surface area contributed by atoms with Crippen LogP contribution in [0.25, 0.3) is 0 Å². The van der Waals surface area contributed by atoms with E-state index in [2.05, 4.69) is 18.7 Å². The lowest BCUT2D eigenvalue weighted by molar-refractivity contribution is 0.253. The lowest BCUT2D eigenvalue weighted by Crippen LogP contribution is -2.37. The van der Waals surface area contributed by atoms with Crippen molar-refractivity contribution >= 4 is 28.8 Å². The zero-order valence-corrected chi connectivity index (χ0v) is 12.6. The Kier molecular flexibility index (Phi) is 6.61. The van der Waals surface area contributed by atoms with Crippen molar-refractivity contribution in [3.05, 3.63) is 34.9 Å². The topological polar surface area (TPSA) is 29.3 Å². The van der Waals surface area contributed by atoms with Crippen LogP contribution in [0.5, 0.6) is 0 Å². The maximum Gasteiger partial charge on any atom is 0.0948 e. The zero-order valence-electron chi connectivity index (χ0n) is 11.0. The van der Waals surface area contributed by atoms with Crippen LogP contribution in [-0.2, 0) is 0 Å². The molecule has 0 radical (unpaired) electrons. The SMILES string of the molecule is CCCCN(CC)C(C(N)=S)c1ccccc1Cl. The van der Waals surface area contributed by atoms with Gasteiger partial charge in [0.1, 0.15) is 0 Å². The van der Waals surface area contributed by atoms with E-state index in [-0.39, 0.29) is 6.04 Å². The fourth-order valence-corrected chi connectivity index (χ4v) is 2.57. The minimum Gasteiger partial charge on any atom is -0.392 e. The number of nitrogens with zero attached hydrogens (tertiary/aromatic N) is 1. The summed E-state index contributed by atoms with van der Waals surface area (Å²) >= 11 is 11.5. The predicted molar refractivity (Wildman–Crippen MR) is 83.1 cm³/mol. The third-order valence-electron chi connectivity index (χ3n) is 3.04. The van der Waals surface area contributed by atoms with Gasteiger partial charge in [0.2, 0.25) is 0 Å². The van der Waals surface area contributed by atoms with Crippen molar-refractivity contribution in [1.29, 1.82) is 0 Å². The molecule has 0 heterocycles. The summed E-state index contributed by atoms with van der Waals surface area (Å²) in [6, 6.07) is 7.71. The molecule has 18 heavy (non-hydrogen) atoms. The molecule has 4 heteroatoms. The first-order valence-corrected chi connectivity index (χ1v) is 7.18. The molecule has 100 valence electrons. The summed E-state index contributed by atoms with van der Waals surface area (Å²) in [7, 11) is 0. The molecule has 0 amide bonds. The minimum absolute atomic E-state index is 0.0646. The summed E-state index contributed by atoms with van der Waals surface area (Å²) in [4.78, 5) is 2.77. The van der Waals surface area contributed by atoms with Crippen LogP contribution in [0.15, 0.2) is 24.3 Å². The number of likely N-dealkylation sites (N-methyl/N-ethyl adjacent to an activating group) is 1. The normalized spacial score (nSPS) is 12.7. The molecule has 0 aliphatic carbocycles. The average molecular weight is 285 g/mol. The van der Waals surface area contributed by atoms with Gasteiger partial charge in [0.05, 0.1) is 11.0 Å². The first kappa shape index (κ1) is 15.4. The van der Waals surface area contributed by atoms with Gasteiger partial charge in [-0.3, -0.25) is 4.90 Å². The summed E-state index contributed by atoms with van der Waals surface area (Å²) in [6.07, 6.45) is 2.29. The Bertz CT molecular complexity index is 395. The van der Waals surface area contributed by atoms with Gasteiger partial charge in [-0.25, -0.2) is 0 Å². The highest BCUT2D eigenvalue weighted by atomic mass is 35.5.